The predicted octanol–water partition coefficient (Wildman–Crippen LogP) is 1.78. The zero-order valence-electron chi connectivity index (χ0n) is 15.3. The molecule has 0 aromatic heterocycles. The second kappa shape index (κ2) is 8.07. The number of nitrogens with one attached hydrogen (secondary N) is 1. The van der Waals surface area contributed by atoms with E-state index in [9.17, 15) is 5.26 Å². The van der Waals surface area contributed by atoms with Gasteiger partial charge in [0.05, 0.1) is 17.3 Å². The lowest BCUT2D eigenvalue weighted by molar-refractivity contribution is 0.134. The number of piperazine rings is 1. The molecule has 1 N–H and O–H groups in total. The quantitative estimate of drug-likeness (QED) is 0.663. The van der Waals surface area contributed by atoms with E-state index >= 15 is 0 Å². The molecule has 1 fully saturated rings. The Morgan fingerprint density at radius 2 is 2.25 bits per heavy atom. The van der Waals surface area contributed by atoms with Crippen molar-refractivity contribution in [1.82, 2.24) is 9.80 Å². The standard InChI is InChI=1S/C19H27BN4/c1-5-22-18-8-7-16(20)11-17(18)19(14(3)12-21)24-10-9-23(6-2)13-15(24)4/h5,7-8,11,15,22H,1,6,9-10,13,20H2,2-4H3/b19-14-. The van der Waals surface area contributed by atoms with E-state index in [1.54, 1.807) is 6.20 Å². The molecule has 5 heteroatoms. The molecule has 4 nitrogen and oxygen atoms in total. The lowest BCUT2D eigenvalue weighted by Gasteiger charge is -2.42. The summed E-state index contributed by atoms with van der Waals surface area (Å²) >= 11 is 0. The van der Waals surface area contributed by atoms with Crippen LogP contribution in [-0.4, -0.2) is 49.9 Å². The summed E-state index contributed by atoms with van der Waals surface area (Å²) in [4.78, 5) is 4.84. The van der Waals surface area contributed by atoms with E-state index < -0.39 is 0 Å². The third kappa shape index (κ3) is 3.83. The Kier molecular flexibility index (Phi) is 6.11. The summed E-state index contributed by atoms with van der Waals surface area (Å²) < 4.78 is 0. The molecule has 1 aliphatic rings. The topological polar surface area (TPSA) is 42.3 Å². The van der Waals surface area contributed by atoms with Crippen molar-refractivity contribution in [2.75, 3.05) is 31.5 Å². The molecule has 0 bridgehead atoms. The summed E-state index contributed by atoms with van der Waals surface area (Å²) in [5, 5.41) is 12.8. The summed E-state index contributed by atoms with van der Waals surface area (Å²) in [6, 6.07) is 9.03. The zero-order chi connectivity index (χ0) is 17.7. The molecular formula is C19H27BN4. The van der Waals surface area contributed by atoms with Crippen LogP contribution >= 0.6 is 0 Å². The van der Waals surface area contributed by atoms with E-state index in [1.165, 1.54) is 5.46 Å². The first-order chi connectivity index (χ1) is 11.5. The number of benzene rings is 1. The molecule has 0 amide bonds. The SMILES string of the molecule is Bc1ccc(NC=C)c(/C(=C(\C)C#N)N2CCN(CC)CC2C)c1. The third-order valence-electron chi connectivity index (χ3n) is 4.66. The van der Waals surface area contributed by atoms with Crippen molar-refractivity contribution >= 4 is 24.7 Å². The van der Waals surface area contributed by atoms with Gasteiger partial charge in [-0.25, -0.2) is 0 Å². The number of rotatable bonds is 5. The normalized spacial score (nSPS) is 19.4. The lowest BCUT2D eigenvalue weighted by atomic mass is 9.91. The first-order valence-corrected chi connectivity index (χ1v) is 8.60. The Balaban J connectivity index is 2.51. The number of hydrogen-bond acceptors (Lipinski definition) is 4. The van der Waals surface area contributed by atoms with Gasteiger partial charge in [0.15, 0.2) is 0 Å². The molecule has 0 saturated carbocycles. The van der Waals surface area contributed by atoms with Crippen molar-refractivity contribution in [3.63, 3.8) is 0 Å². The molecule has 0 spiro atoms. The fourth-order valence-corrected chi connectivity index (χ4v) is 3.37. The van der Waals surface area contributed by atoms with Gasteiger partial charge < -0.3 is 10.2 Å². The van der Waals surface area contributed by atoms with Crippen molar-refractivity contribution < 1.29 is 0 Å². The molecule has 24 heavy (non-hydrogen) atoms. The lowest BCUT2D eigenvalue weighted by Crippen LogP contribution is -2.50. The summed E-state index contributed by atoms with van der Waals surface area (Å²) in [6.45, 7) is 14.2. The van der Waals surface area contributed by atoms with Crippen molar-refractivity contribution in [1.29, 1.82) is 5.26 Å². The molecule has 126 valence electrons. The fraction of sp³-hybridized carbons (Fsp3) is 0.421. The van der Waals surface area contributed by atoms with E-state index in [0.717, 1.165) is 48.7 Å². The molecule has 1 unspecified atom stereocenters. The summed E-state index contributed by atoms with van der Waals surface area (Å²) in [7, 11) is 2.08. The number of allylic oxidation sites excluding steroid dienone is 1. The average Bonchev–Trinajstić information content (AvgIpc) is 2.58. The molecule has 1 aliphatic heterocycles. The van der Waals surface area contributed by atoms with Gasteiger partial charge in [0.2, 0.25) is 0 Å². The minimum Gasteiger partial charge on any atom is -0.365 e. The van der Waals surface area contributed by atoms with Crippen molar-refractivity contribution in [3.8, 4) is 6.07 Å². The van der Waals surface area contributed by atoms with Crippen LogP contribution in [0.2, 0.25) is 0 Å². The van der Waals surface area contributed by atoms with Crippen LogP contribution in [0.5, 0.6) is 0 Å². The summed E-state index contributed by atoms with van der Waals surface area (Å²) in [5.74, 6) is 0. The second-order valence-corrected chi connectivity index (χ2v) is 6.42. The van der Waals surface area contributed by atoms with E-state index in [2.05, 4.69) is 67.7 Å². The van der Waals surface area contributed by atoms with Crippen LogP contribution in [0, 0.1) is 11.3 Å². The van der Waals surface area contributed by atoms with Crippen molar-refractivity contribution in [2.24, 2.45) is 0 Å². The molecular weight excluding hydrogens is 295 g/mol. The highest BCUT2D eigenvalue weighted by molar-refractivity contribution is 6.32. The molecule has 1 aromatic carbocycles. The molecule has 1 saturated heterocycles. The average molecular weight is 322 g/mol. The van der Waals surface area contributed by atoms with E-state index in [4.69, 9.17) is 0 Å². The summed E-state index contributed by atoms with van der Waals surface area (Å²) in [6.07, 6.45) is 1.69. The van der Waals surface area contributed by atoms with Gasteiger partial charge in [-0.15, -0.1) is 0 Å². The largest absolute Gasteiger partial charge is 0.365 e. The van der Waals surface area contributed by atoms with Crippen LogP contribution in [0.25, 0.3) is 5.70 Å². The van der Waals surface area contributed by atoms with Crippen LogP contribution in [0.4, 0.5) is 5.69 Å². The Labute approximate surface area is 146 Å². The second-order valence-electron chi connectivity index (χ2n) is 6.42. The van der Waals surface area contributed by atoms with Gasteiger partial charge in [0, 0.05) is 36.9 Å². The molecule has 0 aliphatic carbocycles. The number of likely N-dealkylation sites (N-methyl/N-ethyl adjacent to an activating group) is 1. The van der Waals surface area contributed by atoms with E-state index in [1.807, 2.05) is 6.92 Å². The Hall–Kier alpha value is -2.19. The maximum atomic E-state index is 9.59. The first kappa shape index (κ1) is 18.2. The van der Waals surface area contributed by atoms with Gasteiger partial charge in [-0.3, -0.25) is 4.90 Å². The van der Waals surface area contributed by atoms with Gasteiger partial charge in [-0.1, -0.05) is 31.1 Å². The third-order valence-corrected chi connectivity index (χ3v) is 4.66. The van der Waals surface area contributed by atoms with Crippen LogP contribution in [0.15, 0.2) is 36.6 Å². The van der Waals surface area contributed by atoms with Crippen LogP contribution < -0.4 is 10.8 Å². The van der Waals surface area contributed by atoms with Gasteiger partial charge in [-0.05, 0) is 32.7 Å². The first-order valence-electron chi connectivity index (χ1n) is 8.60. The predicted molar refractivity (Wildman–Crippen MR) is 105 cm³/mol. The smallest absolute Gasteiger partial charge is 0.139 e. The van der Waals surface area contributed by atoms with Gasteiger partial charge in [0.1, 0.15) is 7.85 Å². The van der Waals surface area contributed by atoms with E-state index in [-0.39, 0.29) is 0 Å². The number of nitrogens with zero attached hydrogens (tertiary/aromatic N) is 3. The van der Waals surface area contributed by atoms with Gasteiger partial charge >= 0.3 is 0 Å². The molecule has 1 heterocycles. The molecule has 0 radical (unpaired) electrons. The highest BCUT2D eigenvalue weighted by atomic mass is 15.3. The minimum absolute atomic E-state index is 0.370. The van der Waals surface area contributed by atoms with Crippen LogP contribution in [0.1, 0.15) is 26.3 Å². The Morgan fingerprint density at radius 3 is 2.83 bits per heavy atom. The zero-order valence-corrected chi connectivity index (χ0v) is 15.3. The van der Waals surface area contributed by atoms with E-state index in [0.29, 0.717) is 6.04 Å². The fourth-order valence-electron chi connectivity index (χ4n) is 3.37. The van der Waals surface area contributed by atoms with Gasteiger partial charge in [0.25, 0.3) is 0 Å². The maximum absolute atomic E-state index is 9.59. The molecule has 2 rings (SSSR count). The Morgan fingerprint density at radius 1 is 1.50 bits per heavy atom. The highest BCUT2D eigenvalue weighted by Crippen LogP contribution is 2.31. The van der Waals surface area contributed by atoms with Crippen LogP contribution in [-0.2, 0) is 0 Å². The number of anilines is 1. The Bertz CT molecular complexity index is 674. The van der Waals surface area contributed by atoms with Crippen molar-refractivity contribution in [3.05, 3.63) is 42.1 Å². The number of nitriles is 1. The highest BCUT2D eigenvalue weighted by Gasteiger charge is 2.27. The molecule has 1 aromatic rings. The minimum atomic E-state index is 0.370. The number of hydrogen-bond donors (Lipinski definition) is 1. The van der Waals surface area contributed by atoms with Crippen LogP contribution in [0.3, 0.4) is 0 Å². The maximum Gasteiger partial charge on any atom is 0.139 e. The van der Waals surface area contributed by atoms with Gasteiger partial charge in [-0.2, -0.15) is 5.26 Å². The van der Waals surface area contributed by atoms with Crippen molar-refractivity contribution in [2.45, 2.75) is 26.8 Å². The monoisotopic (exact) mass is 322 g/mol. The molecule has 1 atom stereocenters. The summed E-state index contributed by atoms with van der Waals surface area (Å²) in [5.41, 5.74) is 5.04.